The fourth-order valence-electron chi connectivity index (χ4n) is 2.50. The van der Waals surface area contributed by atoms with Crippen molar-refractivity contribution in [2.45, 2.75) is 69.5 Å². The SMILES string of the molecule is NC1CCCC(NCCCC(=O)NC2CC2)C1. The van der Waals surface area contributed by atoms with Crippen molar-refractivity contribution < 1.29 is 4.79 Å². The van der Waals surface area contributed by atoms with Gasteiger partial charge in [-0.3, -0.25) is 4.79 Å². The summed E-state index contributed by atoms with van der Waals surface area (Å²) >= 11 is 0. The molecule has 0 aromatic rings. The first-order chi connectivity index (χ1) is 8.24. The number of nitrogens with one attached hydrogen (secondary N) is 2. The lowest BCUT2D eigenvalue weighted by atomic mass is 9.91. The second-order valence-corrected chi connectivity index (χ2v) is 5.52. The van der Waals surface area contributed by atoms with E-state index in [2.05, 4.69) is 10.6 Å². The van der Waals surface area contributed by atoms with Crippen LogP contribution >= 0.6 is 0 Å². The first-order valence-corrected chi connectivity index (χ1v) is 7.02. The van der Waals surface area contributed by atoms with Crippen molar-refractivity contribution >= 4 is 5.91 Å². The van der Waals surface area contributed by atoms with Gasteiger partial charge in [0.2, 0.25) is 5.91 Å². The summed E-state index contributed by atoms with van der Waals surface area (Å²) in [7, 11) is 0. The van der Waals surface area contributed by atoms with Crippen LogP contribution in [0.3, 0.4) is 0 Å². The number of carbonyl (C=O) groups excluding carboxylic acids is 1. The minimum absolute atomic E-state index is 0.217. The maximum Gasteiger partial charge on any atom is 0.220 e. The Kier molecular flexibility index (Phi) is 4.80. The zero-order valence-corrected chi connectivity index (χ0v) is 10.6. The number of carbonyl (C=O) groups is 1. The molecule has 0 aliphatic heterocycles. The first-order valence-electron chi connectivity index (χ1n) is 7.02. The minimum Gasteiger partial charge on any atom is -0.353 e. The van der Waals surface area contributed by atoms with Gasteiger partial charge in [-0.05, 0) is 45.1 Å². The Morgan fingerprint density at radius 1 is 1.18 bits per heavy atom. The molecule has 0 aromatic carbocycles. The average molecular weight is 239 g/mol. The summed E-state index contributed by atoms with van der Waals surface area (Å²) in [5.41, 5.74) is 5.94. The van der Waals surface area contributed by atoms with Crippen LogP contribution < -0.4 is 16.4 Å². The van der Waals surface area contributed by atoms with Gasteiger partial charge in [-0.15, -0.1) is 0 Å². The molecule has 4 nitrogen and oxygen atoms in total. The molecule has 2 aliphatic carbocycles. The first kappa shape index (κ1) is 12.8. The van der Waals surface area contributed by atoms with Crippen LogP contribution in [0.2, 0.25) is 0 Å². The third-order valence-electron chi connectivity index (χ3n) is 3.67. The van der Waals surface area contributed by atoms with Crippen molar-refractivity contribution in [1.82, 2.24) is 10.6 Å². The molecule has 4 N–H and O–H groups in total. The van der Waals surface area contributed by atoms with E-state index in [0.29, 0.717) is 24.5 Å². The summed E-state index contributed by atoms with van der Waals surface area (Å²) in [4.78, 5) is 11.4. The summed E-state index contributed by atoms with van der Waals surface area (Å²) in [5, 5.41) is 6.53. The molecular formula is C13H25N3O. The summed E-state index contributed by atoms with van der Waals surface area (Å²) in [6.45, 7) is 0.940. The van der Waals surface area contributed by atoms with Gasteiger partial charge in [0.1, 0.15) is 0 Å². The highest BCUT2D eigenvalue weighted by Crippen LogP contribution is 2.19. The zero-order valence-electron chi connectivity index (χ0n) is 10.6. The Morgan fingerprint density at radius 2 is 2.00 bits per heavy atom. The highest BCUT2D eigenvalue weighted by atomic mass is 16.1. The van der Waals surface area contributed by atoms with Crippen molar-refractivity contribution in [3.63, 3.8) is 0 Å². The van der Waals surface area contributed by atoms with E-state index in [-0.39, 0.29) is 5.91 Å². The third-order valence-corrected chi connectivity index (χ3v) is 3.67. The quantitative estimate of drug-likeness (QED) is 0.603. The molecule has 0 bridgehead atoms. The normalized spacial score (nSPS) is 29.0. The van der Waals surface area contributed by atoms with Crippen molar-refractivity contribution in [3.8, 4) is 0 Å². The lowest BCUT2D eigenvalue weighted by Gasteiger charge is -2.27. The molecule has 0 heterocycles. The smallest absolute Gasteiger partial charge is 0.220 e. The molecule has 17 heavy (non-hydrogen) atoms. The van der Waals surface area contributed by atoms with Crippen LogP contribution in [0.25, 0.3) is 0 Å². The predicted octanol–water partition coefficient (Wildman–Crippen LogP) is 0.905. The number of hydrogen-bond acceptors (Lipinski definition) is 3. The lowest BCUT2D eigenvalue weighted by molar-refractivity contribution is -0.121. The van der Waals surface area contributed by atoms with E-state index >= 15 is 0 Å². The number of hydrogen-bond donors (Lipinski definition) is 3. The van der Waals surface area contributed by atoms with E-state index in [4.69, 9.17) is 5.73 Å². The zero-order chi connectivity index (χ0) is 12.1. The van der Waals surface area contributed by atoms with Gasteiger partial charge < -0.3 is 16.4 Å². The van der Waals surface area contributed by atoms with Crippen molar-refractivity contribution in [2.75, 3.05) is 6.54 Å². The van der Waals surface area contributed by atoms with Crippen LogP contribution in [0.15, 0.2) is 0 Å². The van der Waals surface area contributed by atoms with Crippen LogP contribution in [-0.4, -0.2) is 30.6 Å². The van der Waals surface area contributed by atoms with Crippen molar-refractivity contribution in [1.29, 1.82) is 0 Å². The molecule has 2 saturated carbocycles. The molecule has 0 saturated heterocycles. The Hall–Kier alpha value is -0.610. The minimum atomic E-state index is 0.217. The number of rotatable bonds is 6. The standard InChI is InChI=1S/C13H25N3O/c14-10-3-1-4-12(9-10)15-8-2-5-13(17)16-11-6-7-11/h10-12,15H,1-9,14H2,(H,16,17). The second kappa shape index (κ2) is 6.36. The highest BCUT2D eigenvalue weighted by Gasteiger charge is 2.23. The summed E-state index contributed by atoms with van der Waals surface area (Å²) < 4.78 is 0. The van der Waals surface area contributed by atoms with Crippen LogP contribution in [0.1, 0.15) is 51.4 Å². The summed E-state index contributed by atoms with van der Waals surface area (Å²) in [6.07, 6.45) is 8.67. The molecule has 98 valence electrons. The Morgan fingerprint density at radius 3 is 2.71 bits per heavy atom. The van der Waals surface area contributed by atoms with E-state index in [9.17, 15) is 4.79 Å². The number of nitrogens with two attached hydrogens (primary N) is 1. The van der Waals surface area contributed by atoms with Crippen LogP contribution in [0, 0.1) is 0 Å². The van der Waals surface area contributed by atoms with E-state index in [1.165, 1.54) is 32.1 Å². The van der Waals surface area contributed by atoms with Gasteiger partial charge >= 0.3 is 0 Å². The molecule has 4 heteroatoms. The van der Waals surface area contributed by atoms with Gasteiger partial charge in [0, 0.05) is 24.5 Å². The summed E-state index contributed by atoms with van der Waals surface area (Å²) in [6, 6.07) is 1.44. The Labute approximate surface area is 104 Å². The van der Waals surface area contributed by atoms with E-state index in [0.717, 1.165) is 19.4 Å². The predicted molar refractivity (Wildman–Crippen MR) is 68.6 cm³/mol. The van der Waals surface area contributed by atoms with Crippen LogP contribution in [-0.2, 0) is 4.79 Å². The molecule has 0 spiro atoms. The second-order valence-electron chi connectivity index (χ2n) is 5.52. The molecular weight excluding hydrogens is 214 g/mol. The van der Waals surface area contributed by atoms with E-state index < -0.39 is 0 Å². The van der Waals surface area contributed by atoms with Gasteiger partial charge in [0.15, 0.2) is 0 Å². The fourth-order valence-corrected chi connectivity index (χ4v) is 2.50. The maximum atomic E-state index is 11.4. The topological polar surface area (TPSA) is 67.1 Å². The fraction of sp³-hybridized carbons (Fsp3) is 0.923. The van der Waals surface area contributed by atoms with Crippen molar-refractivity contribution in [2.24, 2.45) is 5.73 Å². The average Bonchev–Trinajstić information content (AvgIpc) is 3.08. The monoisotopic (exact) mass is 239 g/mol. The molecule has 2 rings (SSSR count). The molecule has 0 radical (unpaired) electrons. The van der Waals surface area contributed by atoms with Gasteiger partial charge in [0.25, 0.3) is 0 Å². The van der Waals surface area contributed by atoms with Crippen LogP contribution in [0.5, 0.6) is 0 Å². The van der Waals surface area contributed by atoms with E-state index in [1.54, 1.807) is 0 Å². The highest BCUT2D eigenvalue weighted by molar-refractivity contribution is 5.76. The van der Waals surface area contributed by atoms with Gasteiger partial charge in [-0.1, -0.05) is 6.42 Å². The Bertz CT molecular complexity index is 253. The lowest BCUT2D eigenvalue weighted by Crippen LogP contribution is -2.40. The van der Waals surface area contributed by atoms with Gasteiger partial charge in [-0.25, -0.2) is 0 Å². The largest absolute Gasteiger partial charge is 0.353 e. The van der Waals surface area contributed by atoms with Gasteiger partial charge in [0.05, 0.1) is 0 Å². The molecule has 2 fully saturated rings. The maximum absolute atomic E-state index is 11.4. The summed E-state index contributed by atoms with van der Waals surface area (Å²) in [5.74, 6) is 0.217. The molecule has 2 unspecified atom stereocenters. The molecule has 0 aromatic heterocycles. The van der Waals surface area contributed by atoms with Gasteiger partial charge in [-0.2, -0.15) is 0 Å². The third kappa shape index (κ3) is 5.04. The van der Waals surface area contributed by atoms with Crippen molar-refractivity contribution in [3.05, 3.63) is 0 Å². The molecule has 2 atom stereocenters. The van der Waals surface area contributed by atoms with Crippen LogP contribution in [0.4, 0.5) is 0 Å². The van der Waals surface area contributed by atoms with E-state index in [1.807, 2.05) is 0 Å². The Balaban J connectivity index is 1.48. The number of amides is 1. The molecule has 2 aliphatic rings. The molecule has 1 amide bonds.